The zero-order valence-corrected chi connectivity index (χ0v) is 24.9. The lowest BCUT2D eigenvalue weighted by atomic mass is 10.1. The molecule has 13 heteroatoms. The van der Waals surface area contributed by atoms with Crippen molar-refractivity contribution < 1.29 is 28.7 Å². The minimum Gasteiger partial charge on any atom is -0.467 e. The monoisotopic (exact) mass is 623 g/mol. The fourth-order valence-corrected chi connectivity index (χ4v) is 5.72. The van der Waals surface area contributed by atoms with Gasteiger partial charge in [-0.1, -0.05) is 29.8 Å². The summed E-state index contributed by atoms with van der Waals surface area (Å²) in [6.45, 7) is 0.780. The first kappa shape index (κ1) is 30.2. The van der Waals surface area contributed by atoms with Gasteiger partial charge in [0.2, 0.25) is 0 Å². The van der Waals surface area contributed by atoms with E-state index < -0.39 is 17.9 Å². The van der Waals surface area contributed by atoms with E-state index in [9.17, 15) is 19.2 Å². The number of rotatable bonds is 10. The zero-order chi connectivity index (χ0) is 30.3. The van der Waals surface area contributed by atoms with Crippen LogP contribution in [-0.2, 0) is 20.8 Å². The van der Waals surface area contributed by atoms with Gasteiger partial charge in [-0.15, -0.1) is 11.3 Å². The van der Waals surface area contributed by atoms with Crippen LogP contribution in [0.2, 0.25) is 5.02 Å². The summed E-state index contributed by atoms with van der Waals surface area (Å²) in [6.07, 6.45) is 4.73. The lowest BCUT2D eigenvalue weighted by Gasteiger charge is -2.23. The predicted molar refractivity (Wildman–Crippen MR) is 161 cm³/mol. The van der Waals surface area contributed by atoms with Crippen LogP contribution in [0.4, 0.5) is 0 Å². The van der Waals surface area contributed by atoms with Gasteiger partial charge in [0.25, 0.3) is 17.7 Å². The molecule has 0 aliphatic carbocycles. The molecule has 224 valence electrons. The lowest BCUT2D eigenvalue weighted by Crippen LogP contribution is -2.49. The van der Waals surface area contributed by atoms with Gasteiger partial charge < -0.3 is 25.4 Å². The summed E-state index contributed by atoms with van der Waals surface area (Å²) in [6, 6.07) is 12.3. The van der Waals surface area contributed by atoms with Crippen LogP contribution in [0.25, 0.3) is 10.9 Å². The number of hydrogen-bond donors (Lipinski definition) is 3. The van der Waals surface area contributed by atoms with Gasteiger partial charge in [0.1, 0.15) is 6.04 Å². The van der Waals surface area contributed by atoms with Crippen molar-refractivity contribution in [1.29, 1.82) is 0 Å². The smallest absolute Gasteiger partial charge is 0.330 e. The van der Waals surface area contributed by atoms with Crippen LogP contribution in [0.1, 0.15) is 61.4 Å². The van der Waals surface area contributed by atoms with Gasteiger partial charge in [0.05, 0.1) is 34.3 Å². The highest BCUT2D eigenvalue weighted by Crippen LogP contribution is 2.27. The third-order valence-corrected chi connectivity index (χ3v) is 8.26. The van der Waals surface area contributed by atoms with E-state index in [1.54, 1.807) is 23.7 Å². The van der Waals surface area contributed by atoms with Crippen molar-refractivity contribution in [2.45, 2.75) is 38.1 Å². The maximum atomic E-state index is 13.0. The van der Waals surface area contributed by atoms with Gasteiger partial charge >= 0.3 is 5.97 Å². The predicted octanol–water partition coefficient (Wildman–Crippen LogP) is 4.08. The van der Waals surface area contributed by atoms with E-state index in [0.29, 0.717) is 11.5 Å². The number of aromatic nitrogens is 2. The normalized spacial score (nSPS) is 15.4. The highest BCUT2D eigenvalue weighted by molar-refractivity contribution is 7.12. The van der Waals surface area contributed by atoms with E-state index in [-0.39, 0.29) is 47.3 Å². The molecular formula is C30H30ClN5O6S. The summed E-state index contributed by atoms with van der Waals surface area (Å²) >= 11 is 7.63. The molecule has 0 spiro atoms. The van der Waals surface area contributed by atoms with E-state index in [4.69, 9.17) is 21.1 Å². The number of nitrogens with zero attached hydrogens (tertiary/aromatic N) is 2. The van der Waals surface area contributed by atoms with Crippen LogP contribution >= 0.6 is 22.9 Å². The van der Waals surface area contributed by atoms with Crippen LogP contribution in [0, 0.1) is 0 Å². The van der Waals surface area contributed by atoms with Gasteiger partial charge in [0, 0.05) is 30.6 Å². The first-order valence-electron chi connectivity index (χ1n) is 13.7. The number of esters is 1. The summed E-state index contributed by atoms with van der Waals surface area (Å²) in [4.78, 5) is 51.0. The maximum Gasteiger partial charge on any atom is 0.330 e. The Labute approximate surface area is 256 Å². The van der Waals surface area contributed by atoms with Crippen LogP contribution in [0.5, 0.6) is 0 Å². The molecule has 0 radical (unpaired) electrons. The van der Waals surface area contributed by atoms with Gasteiger partial charge in [0.15, 0.2) is 6.23 Å². The largest absolute Gasteiger partial charge is 0.467 e. The molecule has 11 nitrogen and oxygen atoms in total. The fourth-order valence-electron chi connectivity index (χ4n) is 4.81. The molecule has 2 atom stereocenters. The average molecular weight is 624 g/mol. The number of nitrogens with one attached hydrogen (secondary N) is 3. The van der Waals surface area contributed by atoms with Crippen LogP contribution in [0.3, 0.4) is 0 Å². The van der Waals surface area contributed by atoms with E-state index >= 15 is 0 Å². The molecule has 0 bridgehead atoms. The summed E-state index contributed by atoms with van der Waals surface area (Å²) < 4.78 is 12.6. The molecule has 1 aliphatic heterocycles. The summed E-state index contributed by atoms with van der Waals surface area (Å²) in [5.74, 6) is -2.16. The molecule has 1 aliphatic rings. The Kier molecular flexibility index (Phi) is 9.70. The van der Waals surface area contributed by atoms with Crippen LogP contribution in [-0.4, -0.2) is 59.8 Å². The summed E-state index contributed by atoms with van der Waals surface area (Å²) in [7, 11) is 1.18. The van der Waals surface area contributed by atoms with Gasteiger partial charge in [-0.2, -0.15) is 5.10 Å². The van der Waals surface area contributed by atoms with Crippen molar-refractivity contribution in [3.8, 4) is 0 Å². The third kappa shape index (κ3) is 7.04. The maximum absolute atomic E-state index is 13.0. The van der Waals surface area contributed by atoms with Crippen molar-refractivity contribution in [2.24, 2.45) is 0 Å². The molecule has 3 heterocycles. The molecule has 3 amide bonds. The first-order chi connectivity index (χ1) is 20.9. The zero-order valence-electron chi connectivity index (χ0n) is 23.3. The number of halogens is 1. The first-order valence-corrected chi connectivity index (χ1v) is 15.0. The van der Waals surface area contributed by atoms with Crippen molar-refractivity contribution in [3.63, 3.8) is 0 Å². The second-order valence-corrected chi connectivity index (χ2v) is 11.2. The second-order valence-electron chi connectivity index (χ2n) is 9.87. The van der Waals surface area contributed by atoms with Crippen LogP contribution < -0.4 is 16.0 Å². The molecule has 2 aromatic heterocycles. The van der Waals surface area contributed by atoms with Crippen molar-refractivity contribution >= 4 is 57.5 Å². The van der Waals surface area contributed by atoms with Crippen LogP contribution in [0.15, 0.2) is 60.1 Å². The number of amides is 3. The van der Waals surface area contributed by atoms with E-state index in [0.717, 1.165) is 35.7 Å². The number of carbonyl (C=O) groups is 4. The topological polar surface area (TPSA) is 141 Å². The van der Waals surface area contributed by atoms with Crippen molar-refractivity contribution in [3.05, 3.63) is 86.7 Å². The number of thiophene rings is 1. The molecule has 5 rings (SSSR count). The molecule has 43 heavy (non-hydrogen) atoms. The third-order valence-electron chi connectivity index (χ3n) is 7.08. The number of benzene rings is 2. The average Bonchev–Trinajstić information content (AvgIpc) is 3.73. The summed E-state index contributed by atoms with van der Waals surface area (Å²) in [5.41, 5.74) is 2.15. The molecular weight excluding hydrogens is 594 g/mol. The Hall–Kier alpha value is -4.26. The summed E-state index contributed by atoms with van der Waals surface area (Å²) in [5, 5.41) is 15.3. The molecule has 0 saturated carbocycles. The van der Waals surface area contributed by atoms with Gasteiger partial charge in [-0.25, -0.2) is 9.48 Å². The highest BCUT2D eigenvalue weighted by atomic mass is 35.5. The fraction of sp³-hybridized carbons (Fsp3) is 0.300. The second kappa shape index (κ2) is 13.8. The van der Waals surface area contributed by atoms with Crippen molar-refractivity contribution in [2.75, 3.05) is 20.3 Å². The highest BCUT2D eigenvalue weighted by Gasteiger charge is 2.25. The Morgan fingerprint density at radius 2 is 1.95 bits per heavy atom. The molecule has 3 N–H and O–H groups in total. The van der Waals surface area contributed by atoms with Gasteiger partial charge in [-0.05, 0) is 60.5 Å². The minimum absolute atomic E-state index is 0.0206. The van der Waals surface area contributed by atoms with E-state index in [2.05, 4.69) is 21.0 Å². The number of ether oxygens (including phenoxy) is 2. The number of hydrogen-bond acceptors (Lipinski definition) is 8. The van der Waals surface area contributed by atoms with E-state index in [1.807, 2.05) is 22.9 Å². The lowest BCUT2D eigenvalue weighted by molar-refractivity contribution is -0.142. The molecule has 2 aromatic carbocycles. The molecule has 1 fully saturated rings. The Morgan fingerprint density at radius 3 is 2.67 bits per heavy atom. The van der Waals surface area contributed by atoms with Crippen molar-refractivity contribution in [1.82, 2.24) is 25.7 Å². The number of fused-ring (bicyclic) bond motifs is 1. The van der Waals surface area contributed by atoms with E-state index in [1.165, 1.54) is 36.6 Å². The molecule has 4 aromatic rings. The Morgan fingerprint density at radius 1 is 1.09 bits per heavy atom. The minimum atomic E-state index is -1.16. The Balaban J connectivity index is 1.21. The molecule has 1 saturated heterocycles. The number of methoxy groups -OCH3 is 1. The SMILES string of the molecule is COC(=O)[C@H](CNC(=O)c1cccs1)NC(=O)c1ccc(C(=O)NCc2cccc3c2cnn3C2CCCCO2)cc1Cl. The standard InChI is InChI=1S/C30H30ClN5O6S/c1-41-30(40)23(17-33-29(39)25-8-5-13-43-25)35-28(38)20-11-10-18(14-22(20)31)27(37)32-15-19-6-4-7-24-21(19)16-34-36(24)26-9-2-3-12-42-26/h4-8,10-11,13-14,16,23,26H,2-3,9,12,15,17H2,1H3,(H,32,37)(H,33,39)(H,35,38)/t23-,26?/m0/s1. The van der Waals surface area contributed by atoms with Gasteiger partial charge in [-0.3, -0.25) is 14.4 Å². The quantitative estimate of drug-likeness (QED) is 0.226. The number of carbonyl (C=O) groups excluding carboxylic acids is 4. The molecule has 1 unspecified atom stereocenters. The Bertz CT molecular complexity index is 1630.